The first kappa shape index (κ1) is 42.7. The van der Waals surface area contributed by atoms with Gasteiger partial charge in [0, 0.05) is 0 Å². The summed E-state index contributed by atoms with van der Waals surface area (Å²) in [5, 5.41) is 0. The van der Waals surface area contributed by atoms with E-state index >= 15 is 0 Å². The van der Waals surface area contributed by atoms with Crippen molar-refractivity contribution in [2.75, 3.05) is 0 Å². The first-order valence-corrected chi connectivity index (χ1v) is 4.38. The van der Waals surface area contributed by atoms with Gasteiger partial charge in [-0.3, -0.25) is 0 Å². The molecule has 0 amide bonds. The maximum atomic E-state index is 8.55. The normalized spacial score (nSPS) is 7.87. The molecule has 15 heavy (non-hydrogen) atoms. The fourth-order valence-corrected chi connectivity index (χ4v) is 0. The minimum absolute atomic E-state index is 0. The van der Waals surface area contributed by atoms with E-state index in [1.165, 1.54) is 0 Å². The summed E-state index contributed by atoms with van der Waals surface area (Å²) < 4.78 is 17.1. The minimum atomic E-state index is -5.39. The van der Waals surface area contributed by atoms with E-state index in [0.29, 0.717) is 0 Å². The first-order chi connectivity index (χ1) is 4.00. The molecule has 0 aromatic carbocycles. The van der Waals surface area contributed by atoms with Crippen LogP contribution in [0.15, 0.2) is 0 Å². The van der Waals surface area contributed by atoms with Gasteiger partial charge in [0.2, 0.25) is 0 Å². The molecule has 0 rings (SSSR count). The molecule has 0 aromatic heterocycles. The van der Waals surface area contributed by atoms with Gasteiger partial charge in [0.1, 0.15) is 0 Å². The molecule has 0 radical (unpaired) electrons. The average Bonchev–Trinajstić information content (AvgIpc) is 1.12. The summed E-state index contributed by atoms with van der Waals surface area (Å²) in [6.07, 6.45) is 0. The molecule has 0 aliphatic carbocycles. The zero-order valence-electron chi connectivity index (χ0n) is 6.28. The van der Waals surface area contributed by atoms with Crippen molar-refractivity contribution in [2.45, 2.75) is 0 Å². The van der Waals surface area contributed by atoms with Gasteiger partial charge in [-0.1, -0.05) is 0 Å². The van der Waals surface area contributed by atoms with Gasteiger partial charge in [0.25, 0.3) is 0 Å². The van der Waals surface area contributed by atoms with E-state index in [0.717, 1.165) is 0 Å². The molecule has 8 nitrogen and oxygen atoms in total. The van der Waals surface area contributed by atoms with Crippen molar-refractivity contribution >= 4 is 168 Å². The van der Waals surface area contributed by atoms with Gasteiger partial charge in [-0.15, -0.1) is 0 Å². The van der Waals surface area contributed by atoms with Crippen molar-refractivity contribution in [2.24, 2.45) is 0 Å². The van der Waals surface area contributed by atoms with E-state index in [2.05, 4.69) is 0 Å². The second-order valence-corrected chi connectivity index (χ2v) is 2.68. The molecule has 0 heterocycles. The van der Waals surface area contributed by atoms with E-state index < -0.39 is 15.6 Å². The van der Waals surface area contributed by atoms with E-state index in [9.17, 15) is 0 Å². The van der Waals surface area contributed by atoms with Crippen LogP contribution in [0.2, 0.25) is 0 Å². The molecular formula is H4CaMg3O8P2Sr. The topological polar surface area (TPSA) is 172 Å². The van der Waals surface area contributed by atoms with Crippen molar-refractivity contribution in [1.29, 1.82) is 0 Å². The van der Waals surface area contributed by atoms with Gasteiger partial charge in [-0.05, 0) is 0 Å². The molecule has 0 atom stereocenters. The molecule has 0 bridgehead atoms. The van der Waals surface area contributed by atoms with Crippen LogP contribution < -0.4 is 29.4 Å². The number of rotatable bonds is 0. The molecule has 0 N–H and O–H groups in total. The third-order valence-corrected chi connectivity index (χ3v) is 0. The van der Waals surface area contributed by atoms with Gasteiger partial charge in [-0.2, -0.15) is 15.6 Å². The predicted molar refractivity (Wildman–Crippen MR) is 49.6 cm³/mol. The quantitative estimate of drug-likeness (QED) is 0.287. The van der Waals surface area contributed by atoms with Crippen molar-refractivity contribution in [3.05, 3.63) is 0 Å². The summed E-state index contributed by atoms with van der Waals surface area (Å²) in [6.45, 7) is 0. The summed E-state index contributed by atoms with van der Waals surface area (Å²) in [7, 11) is -10.8. The molecule has 0 unspecified atom stereocenters. The van der Waals surface area contributed by atoms with Gasteiger partial charge in [0.15, 0.2) is 0 Å². The van der Waals surface area contributed by atoms with Gasteiger partial charge >= 0.3 is 152 Å². The number of phosphoric acid groups is 2. The van der Waals surface area contributed by atoms with Crippen molar-refractivity contribution in [3.63, 3.8) is 0 Å². The van der Waals surface area contributed by atoms with Gasteiger partial charge in [0.05, 0.1) is 0 Å². The van der Waals surface area contributed by atoms with Crippen LogP contribution in [-0.2, 0) is 9.13 Å². The number of hydrogen-bond acceptors (Lipinski definition) is 8. The van der Waals surface area contributed by atoms with Crippen LogP contribution in [0.5, 0.6) is 0 Å². The molecule has 72 valence electrons. The Morgan fingerprint density at radius 2 is 0.600 bits per heavy atom. The summed E-state index contributed by atoms with van der Waals surface area (Å²) in [5.74, 6) is 0. The Morgan fingerprint density at radius 3 is 0.600 bits per heavy atom. The third kappa shape index (κ3) is 207. The zero-order chi connectivity index (χ0) is 9.00. The fourth-order valence-electron chi connectivity index (χ4n) is 0. The summed E-state index contributed by atoms with van der Waals surface area (Å²) in [4.78, 5) is 51.3. The number of hydrogen-bond donors (Lipinski definition) is 0. The Kier molecular flexibility index (Phi) is 61.4. The van der Waals surface area contributed by atoms with Crippen LogP contribution in [0.4, 0.5) is 0 Å². The molecular weight excluding hydrogens is 391 g/mol. The molecule has 0 aliphatic heterocycles. The average molecular weight is 395 g/mol. The molecule has 0 fully saturated rings. The monoisotopic (exact) mass is 394 g/mol. The van der Waals surface area contributed by atoms with E-state index in [1.807, 2.05) is 0 Å². The van der Waals surface area contributed by atoms with E-state index in [-0.39, 0.29) is 152 Å². The Morgan fingerprint density at radius 1 is 0.600 bits per heavy atom. The second kappa shape index (κ2) is 21.6. The summed E-state index contributed by atoms with van der Waals surface area (Å²) in [5.41, 5.74) is 0. The van der Waals surface area contributed by atoms with Crippen LogP contribution >= 0.6 is 15.6 Å². The second-order valence-electron chi connectivity index (χ2n) is 0.894. The molecule has 0 saturated carbocycles. The van der Waals surface area contributed by atoms with Crippen LogP contribution in [0, 0.1) is 0 Å². The van der Waals surface area contributed by atoms with Crippen molar-refractivity contribution < 1.29 is 38.5 Å². The van der Waals surface area contributed by atoms with Crippen LogP contribution in [0.1, 0.15) is 0 Å². The molecule has 0 saturated heterocycles. The predicted octanol–water partition coefficient (Wildman–Crippen LogP) is -8.62. The standard InChI is InChI=1S/Ca.3Mg.2H3O4P.Sr.4H/c;;;;2*1-5(2,3)4;;;;;/h;;;;2*(H3,1,2,3,4);;;;;/q;3*+2;;;;;;;/p-6. The molecule has 0 aliphatic rings. The van der Waals surface area contributed by atoms with Crippen molar-refractivity contribution in [1.82, 2.24) is 0 Å². The fraction of sp³-hybridized carbons (Fsp3) is 0. The summed E-state index contributed by atoms with van der Waals surface area (Å²) >= 11 is 0. The van der Waals surface area contributed by atoms with Gasteiger partial charge in [-0.25, -0.2) is 0 Å². The first-order valence-electron chi connectivity index (χ1n) is 1.46. The van der Waals surface area contributed by atoms with E-state index in [1.54, 1.807) is 0 Å². The SMILES string of the molecule is O=P([O-])([O-])[O-].O=P([O-])([O-])[O-].[CaH2].[Mg+2].[Mg+2].[Mg+2].[SrH2]. The molecule has 0 aromatic rings. The van der Waals surface area contributed by atoms with Crippen LogP contribution in [0.3, 0.4) is 0 Å². The Balaban J connectivity index is -0.0000000128. The molecule has 0 spiro atoms. The van der Waals surface area contributed by atoms with Crippen LogP contribution in [0.25, 0.3) is 0 Å². The van der Waals surface area contributed by atoms with Crippen LogP contribution in [-0.4, -0.2) is 152 Å². The van der Waals surface area contributed by atoms with E-state index in [4.69, 9.17) is 38.5 Å². The third-order valence-electron chi connectivity index (χ3n) is 0. The molecule has 15 heteroatoms. The zero-order valence-corrected chi connectivity index (χ0v) is 12.3. The Bertz CT molecular complexity index is 140. The summed E-state index contributed by atoms with van der Waals surface area (Å²) in [6, 6.07) is 0. The Hall–Kier alpha value is 5.26. The Labute approximate surface area is 202 Å². The van der Waals surface area contributed by atoms with Crippen molar-refractivity contribution in [3.8, 4) is 0 Å². The maximum absolute atomic E-state index is 8.55. The van der Waals surface area contributed by atoms with Gasteiger partial charge < -0.3 is 38.5 Å².